The average molecular weight is 267 g/mol. The third kappa shape index (κ3) is 3.85. The maximum atomic E-state index is 5.88. The van der Waals surface area contributed by atoms with Crippen LogP contribution < -0.4 is 11.1 Å². The van der Waals surface area contributed by atoms with Crippen molar-refractivity contribution in [1.82, 2.24) is 0 Å². The van der Waals surface area contributed by atoms with Crippen molar-refractivity contribution in [2.75, 3.05) is 11.9 Å². The van der Waals surface area contributed by atoms with Crippen molar-refractivity contribution in [3.05, 3.63) is 65.2 Å². The van der Waals surface area contributed by atoms with Crippen molar-refractivity contribution < 1.29 is 0 Å². The molecule has 0 aromatic heterocycles. The summed E-state index contributed by atoms with van der Waals surface area (Å²) in [5.74, 6) is 0.461. The molecule has 0 atom stereocenters. The predicted molar refractivity (Wildman–Crippen MR) is 86.2 cm³/mol. The lowest BCUT2D eigenvalue weighted by atomic mass is 10.0. The Labute approximate surface area is 120 Å². The van der Waals surface area contributed by atoms with Gasteiger partial charge in [0.25, 0.3) is 0 Å². The Morgan fingerprint density at radius 1 is 1.00 bits per heavy atom. The number of benzene rings is 2. The van der Waals surface area contributed by atoms with Crippen LogP contribution in [0.25, 0.3) is 0 Å². The molecular weight excluding hydrogens is 246 g/mol. The van der Waals surface area contributed by atoms with E-state index < -0.39 is 0 Å². The second-order valence-corrected chi connectivity index (χ2v) is 4.88. The molecule has 0 aliphatic heterocycles. The molecule has 2 rings (SSSR count). The first-order valence-electron chi connectivity index (χ1n) is 6.84. The summed E-state index contributed by atoms with van der Waals surface area (Å²) >= 11 is 0. The molecule has 0 unspecified atom stereocenters. The third-order valence-corrected chi connectivity index (χ3v) is 3.33. The fourth-order valence-corrected chi connectivity index (χ4v) is 2.24. The van der Waals surface area contributed by atoms with E-state index in [9.17, 15) is 0 Å². The molecule has 0 radical (unpaired) electrons. The van der Waals surface area contributed by atoms with Crippen LogP contribution in [0.2, 0.25) is 0 Å². The van der Waals surface area contributed by atoms with Crippen LogP contribution in [0.3, 0.4) is 0 Å². The summed E-state index contributed by atoms with van der Waals surface area (Å²) < 4.78 is 0. The average Bonchev–Trinajstić information content (AvgIpc) is 2.43. The van der Waals surface area contributed by atoms with Crippen molar-refractivity contribution in [1.29, 1.82) is 0 Å². The van der Waals surface area contributed by atoms with E-state index in [1.54, 1.807) is 0 Å². The first-order chi connectivity index (χ1) is 9.66. The molecule has 0 amide bonds. The Bertz CT molecular complexity index is 568. The molecule has 3 N–H and O–H groups in total. The highest BCUT2D eigenvalue weighted by Crippen LogP contribution is 2.13. The smallest absolute Gasteiger partial charge is 0.193 e. The number of rotatable bonds is 4. The van der Waals surface area contributed by atoms with Gasteiger partial charge >= 0.3 is 0 Å². The highest BCUT2D eigenvalue weighted by atomic mass is 15.1. The van der Waals surface area contributed by atoms with Gasteiger partial charge in [0.2, 0.25) is 0 Å². The molecule has 0 fully saturated rings. The number of guanidine groups is 1. The van der Waals surface area contributed by atoms with Crippen molar-refractivity contribution in [2.45, 2.75) is 20.3 Å². The summed E-state index contributed by atoms with van der Waals surface area (Å²) in [6.45, 7) is 4.96. The van der Waals surface area contributed by atoms with Crippen LogP contribution in [0.4, 0.5) is 5.69 Å². The van der Waals surface area contributed by atoms with Gasteiger partial charge in [0.05, 0.1) is 0 Å². The number of para-hydroxylation sites is 1. The van der Waals surface area contributed by atoms with Gasteiger partial charge in [-0.2, -0.15) is 0 Å². The Balaban J connectivity index is 1.93. The topological polar surface area (TPSA) is 50.4 Å². The Morgan fingerprint density at radius 2 is 1.65 bits per heavy atom. The zero-order valence-corrected chi connectivity index (χ0v) is 12.1. The van der Waals surface area contributed by atoms with Crippen molar-refractivity contribution in [2.24, 2.45) is 10.7 Å². The maximum absolute atomic E-state index is 5.88. The summed E-state index contributed by atoms with van der Waals surface area (Å²) in [6, 6.07) is 16.2. The second-order valence-electron chi connectivity index (χ2n) is 4.88. The number of hydrogen-bond donors (Lipinski definition) is 2. The van der Waals surface area contributed by atoms with Gasteiger partial charge in [-0.1, -0.05) is 36.4 Å². The molecule has 0 saturated heterocycles. The van der Waals surface area contributed by atoms with Crippen LogP contribution in [0.1, 0.15) is 16.7 Å². The van der Waals surface area contributed by atoms with Crippen LogP contribution in [0.15, 0.2) is 53.5 Å². The van der Waals surface area contributed by atoms with Gasteiger partial charge in [0.1, 0.15) is 0 Å². The number of nitrogens with one attached hydrogen (secondary N) is 1. The second kappa shape index (κ2) is 6.75. The van der Waals surface area contributed by atoms with Gasteiger partial charge < -0.3 is 11.1 Å². The molecule has 2 aromatic carbocycles. The van der Waals surface area contributed by atoms with E-state index in [2.05, 4.69) is 42.4 Å². The lowest BCUT2D eigenvalue weighted by Crippen LogP contribution is -2.23. The van der Waals surface area contributed by atoms with Gasteiger partial charge in [-0.25, -0.2) is 0 Å². The minimum atomic E-state index is 0.461. The monoisotopic (exact) mass is 267 g/mol. The number of aliphatic imine (C=N–C) groups is 1. The molecule has 0 aliphatic carbocycles. The fourth-order valence-electron chi connectivity index (χ4n) is 2.24. The van der Waals surface area contributed by atoms with E-state index in [-0.39, 0.29) is 0 Å². The first kappa shape index (κ1) is 14.1. The molecule has 20 heavy (non-hydrogen) atoms. The summed E-state index contributed by atoms with van der Waals surface area (Å²) in [7, 11) is 0. The van der Waals surface area contributed by atoms with Crippen LogP contribution in [0, 0.1) is 13.8 Å². The normalized spacial score (nSPS) is 11.4. The van der Waals surface area contributed by atoms with E-state index >= 15 is 0 Å². The molecule has 3 heteroatoms. The molecule has 0 saturated carbocycles. The third-order valence-electron chi connectivity index (χ3n) is 3.33. The first-order valence-corrected chi connectivity index (χ1v) is 6.84. The molecule has 3 nitrogen and oxygen atoms in total. The highest BCUT2D eigenvalue weighted by molar-refractivity contribution is 5.92. The Hall–Kier alpha value is -2.29. The Kier molecular flexibility index (Phi) is 4.77. The molecule has 0 aliphatic rings. The van der Waals surface area contributed by atoms with Crippen LogP contribution in [0.5, 0.6) is 0 Å². The van der Waals surface area contributed by atoms with Crippen LogP contribution >= 0.6 is 0 Å². The zero-order chi connectivity index (χ0) is 14.4. The SMILES string of the molecule is Cc1cccc(C)c1CCN=C(N)Nc1ccccc1. The van der Waals surface area contributed by atoms with E-state index in [4.69, 9.17) is 5.73 Å². The van der Waals surface area contributed by atoms with Gasteiger partial charge in [-0.3, -0.25) is 4.99 Å². The lowest BCUT2D eigenvalue weighted by molar-refractivity contribution is 0.943. The fraction of sp³-hybridized carbons (Fsp3) is 0.235. The highest BCUT2D eigenvalue weighted by Gasteiger charge is 2.01. The minimum absolute atomic E-state index is 0.461. The van der Waals surface area contributed by atoms with E-state index in [1.165, 1.54) is 16.7 Å². The summed E-state index contributed by atoms with van der Waals surface area (Å²) in [6.07, 6.45) is 0.912. The van der Waals surface area contributed by atoms with E-state index in [0.717, 1.165) is 12.1 Å². The Morgan fingerprint density at radius 3 is 2.30 bits per heavy atom. The van der Waals surface area contributed by atoms with Crippen molar-refractivity contribution in [3.8, 4) is 0 Å². The molecule has 0 spiro atoms. The molecular formula is C17H21N3. The van der Waals surface area contributed by atoms with Crippen LogP contribution in [-0.4, -0.2) is 12.5 Å². The van der Waals surface area contributed by atoms with Gasteiger partial charge in [-0.15, -0.1) is 0 Å². The minimum Gasteiger partial charge on any atom is -0.370 e. The lowest BCUT2D eigenvalue weighted by Gasteiger charge is -2.09. The van der Waals surface area contributed by atoms with Crippen molar-refractivity contribution in [3.63, 3.8) is 0 Å². The summed E-state index contributed by atoms with van der Waals surface area (Å²) in [4.78, 5) is 4.38. The maximum Gasteiger partial charge on any atom is 0.193 e. The number of hydrogen-bond acceptors (Lipinski definition) is 1. The molecule has 0 bridgehead atoms. The summed E-state index contributed by atoms with van der Waals surface area (Å²) in [5, 5.41) is 3.09. The van der Waals surface area contributed by atoms with Crippen LogP contribution in [-0.2, 0) is 6.42 Å². The van der Waals surface area contributed by atoms with Gasteiger partial charge in [0.15, 0.2) is 5.96 Å². The number of aryl methyl sites for hydroxylation is 2. The molecule has 0 heterocycles. The quantitative estimate of drug-likeness (QED) is 0.660. The zero-order valence-electron chi connectivity index (χ0n) is 12.1. The molecule has 2 aromatic rings. The molecule has 104 valence electrons. The standard InChI is InChI=1S/C17H21N3/c1-13-7-6-8-14(2)16(13)11-12-19-17(18)20-15-9-4-3-5-10-15/h3-10H,11-12H2,1-2H3,(H3,18,19,20). The van der Waals surface area contributed by atoms with E-state index in [0.29, 0.717) is 12.5 Å². The summed E-state index contributed by atoms with van der Waals surface area (Å²) in [5.41, 5.74) is 10.8. The van der Waals surface area contributed by atoms with Gasteiger partial charge in [-0.05, 0) is 49.1 Å². The van der Waals surface area contributed by atoms with Gasteiger partial charge in [0, 0.05) is 12.2 Å². The number of nitrogens with two attached hydrogens (primary N) is 1. The van der Waals surface area contributed by atoms with E-state index in [1.807, 2.05) is 30.3 Å². The van der Waals surface area contributed by atoms with Crippen molar-refractivity contribution >= 4 is 11.6 Å². The number of anilines is 1. The number of nitrogens with zero attached hydrogens (tertiary/aromatic N) is 1. The largest absolute Gasteiger partial charge is 0.370 e. The predicted octanol–water partition coefficient (Wildman–Crippen LogP) is 3.27.